The van der Waals surface area contributed by atoms with Crippen LogP contribution in [0.1, 0.15) is 19.3 Å². The first-order valence-corrected chi connectivity index (χ1v) is 6.53. The molecule has 18 heavy (non-hydrogen) atoms. The molecule has 0 radical (unpaired) electrons. The number of nitrogens with zero attached hydrogens (tertiary/aromatic N) is 2. The zero-order valence-electron chi connectivity index (χ0n) is 10.5. The van der Waals surface area contributed by atoms with E-state index < -0.39 is 6.09 Å². The average Bonchev–Trinajstić information content (AvgIpc) is 2.64. The van der Waals surface area contributed by atoms with Crippen molar-refractivity contribution in [3.8, 4) is 0 Å². The minimum Gasteiger partial charge on any atom is -0.465 e. The molecule has 1 N–H and O–H groups in total. The average molecular weight is 256 g/mol. The van der Waals surface area contributed by atoms with Crippen molar-refractivity contribution in [1.82, 2.24) is 9.80 Å². The molecule has 2 rings (SSSR count). The van der Waals surface area contributed by atoms with E-state index in [2.05, 4.69) is 0 Å². The molecule has 1 atom stereocenters. The molecule has 0 aliphatic carbocycles. The van der Waals surface area contributed by atoms with Crippen LogP contribution in [0.3, 0.4) is 0 Å². The molecule has 102 valence electrons. The normalized spacial score (nSPS) is 25.7. The first kappa shape index (κ1) is 13.1. The van der Waals surface area contributed by atoms with Gasteiger partial charge in [-0.15, -0.1) is 0 Å². The number of carboxylic acid groups (broad SMARTS) is 1. The summed E-state index contributed by atoms with van der Waals surface area (Å²) >= 11 is 0. The first-order valence-electron chi connectivity index (χ1n) is 6.53. The van der Waals surface area contributed by atoms with Gasteiger partial charge in [-0.05, 0) is 19.3 Å². The largest absolute Gasteiger partial charge is 0.465 e. The number of hydrogen-bond donors (Lipinski definition) is 1. The second kappa shape index (κ2) is 6.04. The highest BCUT2D eigenvalue weighted by Crippen LogP contribution is 2.17. The van der Waals surface area contributed by atoms with Crippen LogP contribution >= 0.6 is 0 Å². The van der Waals surface area contributed by atoms with Crippen LogP contribution in [-0.2, 0) is 9.53 Å². The predicted molar refractivity (Wildman–Crippen MR) is 64.3 cm³/mol. The van der Waals surface area contributed by atoms with Crippen LogP contribution in [0.25, 0.3) is 0 Å². The third-order valence-electron chi connectivity index (χ3n) is 3.59. The Hall–Kier alpha value is -1.30. The molecule has 2 fully saturated rings. The molecule has 0 saturated carbocycles. The topological polar surface area (TPSA) is 70.1 Å². The molecule has 0 aromatic heterocycles. The van der Waals surface area contributed by atoms with Gasteiger partial charge in [-0.1, -0.05) is 0 Å². The number of ether oxygens (including phenoxy) is 1. The van der Waals surface area contributed by atoms with Gasteiger partial charge in [-0.3, -0.25) is 4.79 Å². The van der Waals surface area contributed by atoms with E-state index in [1.807, 2.05) is 0 Å². The highest BCUT2D eigenvalue weighted by molar-refractivity contribution is 5.79. The second-order valence-electron chi connectivity index (χ2n) is 4.86. The molecule has 2 amide bonds. The molecule has 2 saturated heterocycles. The van der Waals surface area contributed by atoms with E-state index in [0.29, 0.717) is 39.2 Å². The van der Waals surface area contributed by atoms with Crippen molar-refractivity contribution < 1.29 is 19.4 Å². The Labute approximate surface area is 106 Å². The fraction of sp³-hybridized carbons (Fsp3) is 0.833. The zero-order valence-corrected chi connectivity index (χ0v) is 10.5. The van der Waals surface area contributed by atoms with Gasteiger partial charge in [0.25, 0.3) is 0 Å². The number of rotatable bonds is 1. The van der Waals surface area contributed by atoms with Crippen molar-refractivity contribution in [3.63, 3.8) is 0 Å². The summed E-state index contributed by atoms with van der Waals surface area (Å²) in [5.41, 5.74) is 0. The lowest BCUT2D eigenvalue weighted by molar-refractivity contribution is -0.139. The maximum atomic E-state index is 12.3. The first-order chi connectivity index (χ1) is 8.68. The van der Waals surface area contributed by atoms with Crippen molar-refractivity contribution in [2.75, 3.05) is 39.4 Å². The highest BCUT2D eigenvalue weighted by atomic mass is 16.5. The Bertz CT molecular complexity index is 315. The van der Waals surface area contributed by atoms with Gasteiger partial charge >= 0.3 is 6.09 Å². The van der Waals surface area contributed by atoms with Crippen molar-refractivity contribution in [2.45, 2.75) is 19.3 Å². The molecule has 6 heteroatoms. The Balaban J connectivity index is 1.88. The van der Waals surface area contributed by atoms with Gasteiger partial charge in [0, 0.05) is 32.8 Å². The van der Waals surface area contributed by atoms with Crippen LogP contribution in [0.15, 0.2) is 0 Å². The van der Waals surface area contributed by atoms with E-state index in [4.69, 9.17) is 9.84 Å². The summed E-state index contributed by atoms with van der Waals surface area (Å²) in [7, 11) is 0. The van der Waals surface area contributed by atoms with E-state index in [9.17, 15) is 9.59 Å². The lowest BCUT2D eigenvalue weighted by Crippen LogP contribution is -2.42. The molecule has 0 aromatic rings. The molecule has 2 aliphatic rings. The van der Waals surface area contributed by atoms with Crippen LogP contribution < -0.4 is 0 Å². The van der Waals surface area contributed by atoms with E-state index in [1.165, 1.54) is 4.90 Å². The summed E-state index contributed by atoms with van der Waals surface area (Å²) < 4.78 is 5.33. The molecule has 6 nitrogen and oxygen atoms in total. The van der Waals surface area contributed by atoms with Gasteiger partial charge in [0.1, 0.15) is 0 Å². The van der Waals surface area contributed by atoms with Crippen LogP contribution in [0.2, 0.25) is 0 Å². The summed E-state index contributed by atoms with van der Waals surface area (Å²) in [6.45, 7) is 3.34. The standard InChI is InChI=1S/C12H20N2O4/c15-11(10-3-1-8-18-9-10)13-4-2-5-14(7-6-13)12(16)17/h10H,1-9H2,(H,16,17). The summed E-state index contributed by atoms with van der Waals surface area (Å²) in [5, 5.41) is 8.94. The summed E-state index contributed by atoms with van der Waals surface area (Å²) in [4.78, 5) is 26.3. The fourth-order valence-corrected chi connectivity index (χ4v) is 2.52. The number of amides is 2. The van der Waals surface area contributed by atoms with Crippen molar-refractivity contribution in [3.05, 3.63) is 0 Å². The summed E-state index contributed by atoms with van der Waals surface area (Å²) in [6, 6.07) is 0. The van der Waals surface area contributed by atoms with E-state index in [0.717, 1.165) is 19.4 Å². The lowest BCUT2D eigenvalue weighted by atomic mass is 10.0. The van der Waals surface area contributed by atoms with Gasteiger partial charge in [0.2, 0.25) is 5.91 Å². The van der Waals surface area contributed by atoms with E-state index in [1.54, 1.807) is 4.90 Å². The highest BCUT2D eigenvalue weighted by Gasteiger charge is 2.28. The van der Waals surface area contributed by atoms with Gasteiger partial charge in [-0.2, -0.15) is 0 Å². The molecule has 0 bridgehead atoms. The van der Waals surface area contributed by atoms with Crippen LogP contribution in [-0.4, -0.2) is 66.3 Å². The zero-order chi connectivity index (χ0) is 13.0. The number of carbonyl (C=O) groups is 2. The maximum Gasteiger partial charge on any atom is 0.407 e. The summed E-state index contributed by atoms with van der Waals surface area (Å²) in [6.07, 6.45) is 1.64. The maximum absolute atomic E-state index is 12.3. The lowest BCUT2D eigenvalue weighted by Gasteiger charge is -2.28. The molecule has 1 unspecified atom stereocenters. The second-order valence-corrected chi connectivity index (χ2v) is 4.86. The number of carbonyl (C=O) groups excluding carboxylic acids is 1. The van der Waals surface area contributed by atoms with E-state index >= 15 is 0 Å². The van der Waals surface area contributed by atoms with Crippen LogP contribution in [0, 0.1) is 5.92 Å². The monoisotopic (exact) mass is 256 g/mol. The Kier molecular flexibility index (Phi) is 4.41. The van der Waals surface area contributed by atoms with Gasteiger partial charge < -0.3 is 19.6 Å². The molecular formula is C12H20N2O4. The Morgan fingerprint density at radius 1 is 1.06 bits per heavy atom. The fourth-order valence-electron chi connectivity index (χ4n) is 2.52. The minimum absolute atomic E-state index is 0.0323. The molecule has 2 heterocycles. The summed E-state index contributed by atoms with van der Waals surface area (Å²) in [5.74, 6) is 0.0945. The van der Waals surface area contributed by atoms with Crippen molar-refractivity contribution >= 4 is 12.0 Å². The Morgan fingerprint density at radius 3 is 2.44 bits per heavy atom. The smallest absolute Gasteiger partial charge is 0.407 e. The SMILES string of the molecule is O=C(O)N1CCCN(C(=O)C2CCCOC2)CC1. The predicted octanol–water partition coefficient (Wildman–Crippen LogP) is 0.625. The number of hydrogen-bond acceptors (Lipinski definition) is 3. The van der Waals surface area contributed by atoms with Gasteiger partial charge in [0.15, 0.2) is 0 Å². The van der Waals surface area contributed by atoms with Gasteiger partial charge in [-0.25, -0.2) is 4.79 Å². The molecular weight excluding hydrogens is 236 g/mol. The van der Waals surface area contributed by atoms with Crippen LogP contribution in [0.5, 0.6) is 0 Å². The van der Waals surface area contributed by atoms with Gasteiger partial charge in [0.05, 0.1) is 12.5 Å². The van der Waals surface area contributed by atoms with Crippen LogP contribution in [0.4, 0.5) is 4.79 Å². The van der Waals surface area contributed by atoms with Crippen molar-refractivity contribution in [1.29, 1.82) is 0 Å². The van der Waals surface area contributed by atoms with Crippen molar-refractivity contribution in [2.24, 2.45) is 5.92 Å². The third-order valence-corrected chi connectivity index (χ3v) is 3.59. The quantitative estimate of drug-likeness (QED) is 0.747. The molecule has 2 aliphatic heterocycles. The Morgan fingerprint density at radius 2 is 1.78 bits per heavy atom. The molecule has 0 spiro atoms. The molecule has 0 aromatic carbocycles. The third kappa shape index (κ3) is 3.13. The van der Waals surface area contributed by atoms with E-state index in [-0.39, 0.29) is 11.8 Å². The minimum atomic E-state index is -0.898.